The average molecular weight is 298 g/mol. The average Bonchev–Trinajstić information content (AvgIpc) is 2.42. The number of benzene rings is 2. The summed E-state index contributed by atoms with van der Waals surface area (Å²) in [6.07, 6.45) is 0. The van der Waals surface area contributed by atoms with E-state index in [-0.39, 0.29) is 17.9 Å². The third-order valence-electron chi connectivity index (χ3n) is 2.63. The molecular formula is C13H9F3N2O3. The first-order valence-corrected chi connectivity index (χ1v) is 5.72. The molecule has 2 aromatic carbocycles. The van der Waals surface area contributed by atoms with Crippen LogP contribution in [0.5, 0.6) is 11.5 Å². The van der Waals surface area contributed by atoms with E-state index in [1.54, 1.807) is 0 Å². The zero-order chi connectivity index (χ0) is 15.6. The molecule has 0 radical (unpaired) electrons. The van der Waals surface area contributed by atoms with Gasteiger partial charge in [0.2, 0.25) is 5.82 Å². The molecular weight excluding hydrogens is 289 g/mol. The number of nitrogens with two attached hydrogens (primary N) is 1. The van der Waals surface area contributed by atoms with E-state index in [9.17, 15) is 23.3 Å². The highest BCUT2D eigenvalue weighted by atomic mass is 19.1. The van der Waals surface area contributed by atoms with Crippen molar-refractivity contribution < 1.29 is 22.8 Å². The number of rotatable bonds is 4. The third-order valence-corrected chi connectivity index (χ3v) is 2.63. The van der Waals surface area contributed by atoms with Crippen molar-refractivity contribution in [3.63, 3.8) is 0 Å². The van der Waals surface area contributed by atoms with E-state index in [1.165, 1.54) is 0 Å². The van der Waals surface area contributed by atoms with Crippen LogP contribution in [0, 0.1) is 27.6 Å². The van der Waals surface area contributed by atoms with E-state index in [0.717, 1.165) is 24.3 Å². The van der Waals surface area contributed by atoms with Gasteiger partial charge in [-0.15, -0.1) is 0 Å². The fourth-order valence-corrected chi connectivity index (χ4v) is 1.64. The van der Waals surface area contributed by atoms with Crippen LogP contribution in [-0.4, -0.2) is 4.92 Å². The molecule has 21 heavy (non-hydrogen) atoms. The van der Waals surface area contributed by atoms with Gasteiger partial charge in [-0.3, -0.25) is 10.1 Å². The highest BCUT2D eigenvalue weighted by Gasteiger charge is 2.17. The molecule has 0 spiro atoms. The second kappa shape index (κ2) is 5.80. The number of ether oxygens (including phenoxy) is 1. The topological polar surface area (TPSA) is 78.4 Å². The lowest BCUT2D eigenvalue weighted by atomic mass is 10.2. The van der Waals surface area contributed by atoms with Crippen molar-refractivity contribution in [2.24, 2.45) is 5.73 Å². The summed E-state index contributed by atoms with van der Waals surface area (Å²) in [5.74, 6) is -4.18. The zero-order valence-corrected chi connectivity index (χ0v) is 10.5. The molecule has 8 heteroatoms. The third kappa shape index (κ3) is 3.11. The second-order valence-corrected chi connectivity index (χ2v) is 4.07. The van der Waals surface area contributed by atoms with E-state index in [1.807, 2.05) is 0 Å². The summed E-state index contributed by atoms with van der Waals surface area (Å²) < 4.78 is 45.6. The van der Waals surface area contributed by atoms with E-state index >= 15 is 0 Å². The van der Waals surface area contributed by atoms with Gasteiger partial charge in [-0.2, -0.15) is 4.39 Å². The molecule has 0 fully saturated rings. The van der Waals surface area contributed by atoms with Crippen molar-refractivity contribution in [2.75, 3.05) is 0 Å². The van der Waals surface area contributed by atoms with Crippen LogP contribution in [0.15, 0.2) is 30.3 Å². The Morgan fingerprint density at radius 3 is 2.19 bits per heavy atom. The van der Waals surface area contributed by atoms with E-state index < -0.39 is 33.8 Å². The zero-order valence-electron chi connectivity index (χ0n) is 10.5. The smallest absolute Gasteiger partial charge is 0.305 e. The van der Waals surface area contributed by atoms with E-state index in [0.29, 0.717) is 6.07 Å². The van der Waals surface area contributed by atoms with E-state index in [4.69, 9.17) is 10.5 Å². The molecule has 0 aliphatic heterocycles. The largest absolute Gasteiger partial charge is 0.451 e. The van der Waals surface area contributed by atoms with Crippen LogP contribution in [0.3, 0.4) is 0 Å². The summed E-state index contributed by atoms with van der Waals surface area (Å²) in [4.78, 5) is 9.54. The Morgan fingerprint density at radius 1 is 1.10 bits per heavy atom. The van der Waals surface area contributed by atoms with E-state index in [2.05, 4.69) is 0 Å². The molecule has 0 saturated carbocycles. The highest BCUT2D eigenvalue weighted by molar-refractivity contribution is 5.41. The molecule has 0 aliphatic rings. The van der Waals surface area contributed by atoms with Gasteiger partial charge in [0.25, 0.3) is 0 Å². The Morgan fingerprint density at radius 2 is 1.71 bits per heavy atom. The van der Waals surface area contributed by atoms with Gasteiger partial charge < -0.3 is 10.5 Å². The molecule has 0 atom stereocenters. The lowest BCUT2D eigenvalue weighted by Gasteiger charge is -2.09. The predicted molar refractivity (Wildman–Crippen MR) is 67.4 cm³/mol. The maximum absolute atomic E-state index is 13.7. The van der Waals surface area contributed by atoms with Gasteiger partial charge in [-0.1, -0.05) is 0 Å². The van der Waals surface area contributed by atoms with Gasteiger partial charge in [0, 0.05) is 18.7 Å². The summed E-state index contributed by atoms with van der Waals surface area (Å²) in [5.41, 5.74) is 4.73. The molecule has 0 bridgehead atoms. The highest BCUT2D eigenvalue weighted by Crippen LogP contribution is 2.30. The number of hydrogen-bond donors (Lipinski definition) is 1. The summed E-state index contributed by atoms with van der Waals surface area (Å²) in [6.45, 7) is -0.0553. The van der Waals surface area contributed by atoms with Gasteiger partial charge in [-0.25, -0.2) is 8.78 Å². The van der Waals surface area contributed by atoms with Crippen molar-refractivity contribution in [1.29, 1.82) is 0 Å². The standard InChI is InChI=1S/C13H9F3N2O3/c14-9-5-8(1-2-12(9)18(19)20)21-13-10(15)3-7(6-17)4-11(13)16/h1-5H,6,17H2. The molecule has 0 heterocycles. The van der Waals surface area contributed by atoms with Crippen LogP contribution in [0.2, 0.25) is 0 Å². The normalized spacial score (nSPS) is 10.5. The van der Waals surface area contributed by atoms with Crippen molar-refractivity contribution in [3.05, 3.63) is 63.5 Å². The Hall–Kier alpha value is -2.61. The van der Waals surface area contributed by atoms with Crippen molar-refractivity contribution in [3.8, 4) is 11.5 Å². The molecule has 0 aliphatic carbocycles. The molecule has 2 N–H and O–H groups in total. The van der Waals surface area contributed by atoms with Crippen LogP contribution in [0.1, 0.15) is 5.56 Å². The first-order valence-electron chi connectivity index (χ1n) is 5.72. The molecule has 0 unspecified atom stereocenters. The first kappa shape index (κ1) is 14.8. The summed E-state index contributed by atoms with van der Waals surface area (Å²) in [5, 5.41) is 10.5. The predicted octanol–water partition coefficient (Wildman–Crippen LogP) is 3.26. The Kier molecular flexibility index (Phi) is 4.08. The Labute approximate surface area is 116 Å². The molecule has 2 aromatic rings. The molecule has 110 valence electrons. The minimum Gasteiger partial charge on any atom is -0.451 e. The molecule has 0 amide bonds. The minimum absolute atomic E-state index is 0.0553. The SMILES string of the molecule is NCc1cc(F)c(Oc2ccc([N+](=O)[O-])c(F)c2)c(F)c1. The van der Waals surface area contributed by atoms with Crippen molar-refractivity contribution in [1.82, 2.24) is 0 Å². The van der Waals surface area contributed by atoms with Crippen LogP contribution >= 0.6 is 0 Å². The number of nitro groups is 1. The van der Waals surface area contributed by atoms with Crippen LogP contribution in [0.4, 0.5) is 18.9 Å². The monoisotopic (exact) mass is 298 g/mol. The van der Waals surface area contributed by atoms with Crippen LogP contribution in [0.25, 0.3) is 0 Å². The summed E-state index contributed by atoms with van der Waals surface area (Å²) >= 11 is 0. The first-order chi connectivity index (χ1) is 9.92. The summed E-state index contributed by atoms with van der Waals surface area (Å²) in [6, 6.07) is 4.53. The lowest BCUT2D eigenvalue weighted by Crippen LogP contribution is -2.01. The number of nitrogens with zero attached hydrogens (tertiary/aromatic N) is 1. The molecule has 0 saturated heterocycles. The maximum Gasteiger partial charge on any atom is 0.305 e. The van der Waals surface area contributed by atoms with Gasteiger partial charge in [0.05, 0.1) is 4.92 Å². The number of nitro benzene ring substituents is 1. The van der Waals surface area contributed by atoms with Gasteiger partial charge in [0.1, 0.15) is 5.75 Å². The molecule has 0 aromatic heterocycles. The van der Waals surface area contributed by atoms with Gasteiger partial charge in [0.15, 0.2) is 17.4 Å². The Bertz CT molecular complexity index is 684. The van der Waals surface area contributed by atoms with Crippen molar-refractivity contribution in [2.45, 2.75) is 6.54 Å². The number of halogens is 3. The number of hydrogen-bond acceptors (Lipinski definition) is 4. The quantitative estimate of drug-likeness (QED) is 0.694. The molecule has 2 rings (SSSR count). The fraction of sp³-hybridized carbons (Fsp3) is 0.0769. The lowest BCUT2D eigenvalue weighted by molar-refractivity contribution is -0.387. The van der Waals surface area contributed by atoms with Crippen molar-refractivity contribution >= 4 is 5.69 Å². The Balaban J connectivity index is 2.35. The maximum atomic E-state index is 13.7. The van der Waals surface area contributed by atoms with Crippen LogP contribution in [-0.2, 0) is 6.54 Å². The van der Waals surface area contributed by atoms with Gasteiger partial charge in [-0.05, 0) is 23.8 Å². The second-order valence-electron chi connectivity index (χ2n) is 4.07. The minimum atomic E-state index is -1.17. The summed E-state index contributed by atoms with van der Waals surface area (Å²) in [7, 11) is 0. The molecule has 5 nitrogen and oxygen atoms in total. The van der Waals surface area contributed by atoms with Crippen LogP contribution < -0.4 is 10.5 Å². The fourth-order valence-electron chi connectivity index (χ4n) is 1.64. The van der Waals surface area contributed by atoms with Gasteiger partial charge >= 0.3 is 5.69 Å².